The van der Waals surface area contributed by atoms with Gasteiger partial charge in [0.1, 0.15) is 11.5 Å². The van der Waals surface area contributed by atoms with E-state index in [0.717, 1.165) is 13.0 Å². The van der Waals surface area contributed by atoms with Crippen LogP contribution in [0.4, 0.5) is 0 Å². The minimum absolute atomic E-state index is 0.00434. The Morgan fingerprint density at radius 1 is 0.824 bits per heavy atom. The van der Waals surface area contributed by atoms with Crippen LogP contribution >= 0.6 is 0 Å². The molecule has 1 aliphatic heterocycles. The highest BCUT2D eigenvalue weighted by atomic mass is 16.5. The summed E-state index contributed by atoms with van der Waals surface area (Å²) >= 11 is 0. The lowest BCUT2D eigenvalue weighted by Crippen LogP contribution is -2.46. The number of Topliss-reactive ketones (excluding diaryl/α,β-unsaturated/α-hetero) is 1. The fourth-order valence-corrected chi connectivity index (χ4v) is 4.60. The predicted molar refractivity (Wildman–Crippen MR) is 139 cm³/mol. The van der Waals surface area contributed by atoms with Crippen LogP contribution in [-0.2, 0) is 6.54 Å². The van der Waals surface area contributed by atoms with Crippen molar-refractivity contribution in [1.82, 2.24) is 9.80 Å². The average Bonchev–Trinajstić information content (AvgIpc) is 2.84. The third-order valence-corrected chi connectivity index (χ3v) is 6.70. The van der Waals surface area contributed by atoms with Gasteiger partial charge in [0.15, 0.2) is 5.78 Å². The predicted octanol–water partition coefficient (Wildman–Crippen LogP) is 5.91. The average molecular weight is 467 g/mol. The SMILES string of the molecule is CC(=O)c1ccc(OCCCCCCCCCCN2CCN(Cc3ccccc3)CC2)cc1O. The molecule has 1 fully saturated rings. The summed E-state index contributed by atoms with van der Waals surface area (Å²) in [5.74, 6) is 0.483. The summed E-state index contributed by atoms with van der Waals surface area (Å²) in [5.41, 5.74) is 1.76. The first-order valence-electron chi connectivity index (χ1n) is 13.1. The van der Waals surface area contributed by atoms with E-state index in [1.54, 1.807) is 12.1 Å². The molecule has 3 rings (SSSR count). The molecule has 0 unspecified atom stereocenters. The van der Waals surface area contributed by atoms with E-state index in [-0.39, 0.29) is 11.5 Å². The topological polar surface area (TPSA) is 53.0 Å². The highest BCUT2D eigenvalue weighted by Gasteiger charge is 2.16. The minimum atomic E-state index is -0.138. The molecule has 5 nitrogen and oxygen atoms in total. The van der Waals surface area contributed by atoms with Crippen LogP contribution in [0.1, 0.15) is 74.2 Å². The fourth-order valence-electron chi connectivity index (χ4n) is 4.60. The van der Waals surface area contributed by atoms with Gasteiger partial charge in [-0.2, -0.15) is 0 Å². The summed E-state index contributed by atoms with van der Waals surface area (Å²) in [7, 11) is 0. The summed E-state index contributed by atoms with van der Waals surface area (Å²) in [4.78, 5) is 16.6. The second-order valence-corrected chi connectivity index (χ2v) is 9.52. The number of rotatable bonds is 15. The van der Waals surface area contributed by atoms with Gasteiger partial charge in [-0.15, -0.1) is 0 Å². The molecule has 1 N–H and O–H groups in total. The third kappa shape index (κ3) is 9.47. The van der Waals surface area contributed by atoms with Crippen molar-refractivity contribution in [1.29, 1.82) is 0 Å². The number of benzene rings is 2. The Bertz CT molecular complexity index is 848. The lowest BCUT2D eigenvalue weighted by molar-refractivity contribution is 0.101. The van der Waals surface area contributed by atoms with Gasteiger partial charge in [0.05, 0.1) is 12.2 Å². The van der Waals surface area contributed by atoms with Gasteiger partial charge in [-0.3, -0.25) is 9.69 Å². The summed E-state index contributed by atoms with van der Waals surface area (Å²) in [6.45, 7) is 9.21. The van der Waals surface area contributed by atoms with E-state index in [1.807, 2.05) is 0 Å². The Kier molecular flexibility index (Phi) is 11.4. The summed E-state index contributed by atoms with van der Waals surface area (Å²) < 4.78 is 5.70. The normalized spacial score (nSPS) is 14.9. The van der Waals surface area contributed by atoms with Crippen molar-refractivity contribution in [3.8, 4) is 11.5 Å². The maximum absolute atomic E-state index is 11.4. The van der Waals surface area contributed by atoms with Crippen molar-refractivity contribution < 1.29 is 14.6 Å². The summed E-state index contributed by atoms with van der Waals surface area (Å²) in [6, 6.07) is 15.7. The first-order chi connectivity index (χ1) is 16.6. The molecule has 0 amide bonds. The van der Waals surface area contributed by atoms with Crippen molar-refractivity contribution in [3.63, 3.8) is 0 Å². The zero-order chi connectivity index (χ0) is 24.0. The molecule has 0 atom stereocenters. The molecule has 1 aliphatic rings. The summed E-state index contributed by atoms with van der Waals surface area (Å²) in [5, 5.41) is 9.85. The van der Waals surface area contributed by atoms with Crippen LogP contribution in [0, 0.1) is 0 Å². The molecular weight excluding hydrogens is 424 g/mol. The number of aromatic hydroxyl groups is 1. The molecule has 186 valence electrons. The number of phenolic OH excluding ortho intramolecular Hbond substituents is 1. The smallest absolute Gasteiger partial charge is 0.163 e. The molecule has 0 bridgehead atoms. The van der Waals surface area contributed by atoms with Gasteiger partial charge in [-0.1, -0.05) is 68.9 Å². The fraction of sp³-hybridized carbons (Fsp3) is 0.552. The van der Waals surface area contributed by atoms with Gasteiger partial charge in [0, 0.05) is 38.8 Å². The van der Waals surface area contributed by atoms with Gasteiger partial charge >= 0.3 is 0 Å². The van der Waals surface area contributed by atoms with Crippen LogP contribution in [0.2, 0.25) is 0 Å². The van der Waals surface area contributed by atoms with Crippen molar-refractivity contribution in [2.45, 2.75) is 64.8 Å². The van der Waals surface area contributed by atoms with E-state index in [4.69, 9.17) is 4.74 Å². The number of carbonyl (C=O) groups is 1. The van der Waals surface area contributed by atoms with Crippen molar-refractivity contribution in [2.24, 2.45) is 0 Å². The molecule has 34 heavy (non-hydrogen) atoms. The number of hydrogen-bond acceptors (Lipinski definition) is 5. The van der Waals surface area contributed by atoms with Crippen molar-refractivity contribution >= 4 is 5.78 Å². The Hall–Kier alpha value is -2.37. The molecule has 0 aliphatic carbocycles. The zero-order valence-corrected chi connectivity index (χ0v) is 20.9. The van der Waals surface area contributed by atoms with Crippen LogP contribution in [0.3, 0.4) is 0 Å². The van der Waals surface area contributed by atoms with Crippen LogP contribution in [-0.4, -0.2) is 60.0 Å². The largest absolute Gasteiger partial charge is 0.507 e. The Morgan fingerprint density at radius 3 is 2.09 bits per heavy atom. The Labute approximate surface area is 205 Å². The quantitative estimate of drug-likeness (QED) is 0.261. The number of phenols is 1. The van der Waals surface area contributed by atoms with E-state index >= 15 is 0 Å². The van der Waals surface area contributed by atoms with E-state index in [0.29, 0.717) is 17.9 Å². The first kappa shape index (κ1) is 26.2. The second kappa shape index (κ2) is 14.8. The number of ketones is 1. The molecule has 0 spiro atoms. The van der Waals surface area contributed by atoms with Crippen LogP contribution < -0.4 is 4.74 Å². The third-order valence-electron chi connectivity index (χ3n) is 6.70. The van der Waals surface area contributed by atoms with Gasteiger partial charge in [-0.25, -0.2) is 0 Å². The van der Waals surface area contributed by atoms with Crippen LogP contribution in [0.15, 0.2) is 48.5 Å². The monoisotopic (exact) mass is 466 g/mol. The molecular formula is C29H42N2O3. The molecule has 2 aromatic carbocycles. The van der Waals surface area contributed by atoms with E-state index in [2.05, 4.69) is 40.1 Å². The molecule has 0 aromatic heterocycles. The highest BCUT2D eigenvalue weighted by Crippen LogP contribution is 2.24. The maximum atomic E-state index is 11.4. The highest BCUT2D eigenvalue weighted by molar-refractivity contribution is 5.96. The van der Waals surface area contributed by atoms with Gasteiger partial charge < -0.3 is 14.7 Å². The Balaban J connectivity index is 1.11. The lowest BCUT2D eigenvalue weighted by atomic mass is 10.1. The number of unbranched alkanes of at least 4 members (excludes halogenated alkanes) is 7. The molecule has 5 heteroatoms. The van der Waals surface area contributed by atoms with Gasteiger partial charge in [-0.05, 0) is 44.0 Å². The van der Waals surface area contributed by atoms with Crippen LogP contribution in [0.5, 0.6) is 11.5 Å². The molecule has 0 saturated carbocycles. The number of piperazine rings is 1. The minimum Gasteiger partial charge on any atom is -0.507 e. The van der Waals surface area contributed by atoms with Gasteiger partial charge in [0.2, 0.25) is 0 Å². The standard InChI is InChI=1S/C29H42N2O3/c1-25(32)28-16-15-27(23-29(28)33)34-22-12-7-5-3-2-4-6-11-17-30-18-20-31(21-19-30)24-26-13-9-8-10-14-26/h8-10,13-16,23,33H,2-7,11-12,17-22,24H2,1H3. The lowest BCUT2D eigenvalue weighted by Gasteiger charge is -2.34. The Morgan fingerprint density at radius 2 is 1.44 bits per heavy atom. The molecule has 1 saturated heterocycles. The number of hydrogen-bond donors (Lipinski definition) is 1. The number of ether oxygens (including phenoxy) is 1. The van der Waals surface area contributed by atoms with Crippen LogP contribution in [0.25, 0.3) is 0 Å². The first-order valence-corrected chi connectivity index (χ1v) is 13.1. The van der Waals surface area contributed by atoms with E-state index in [9.17, 15) is 9.90 Å². The maximum Gasteiger partial charge on any atom is 0.163 e. The van der Waals surface area contributed by atoms with E-state index < -0.39 is 0 Å². The second-order valence-electron chi connectivity index (χ2n) is 9.52. The molecule has 2 aromatic rings. The van der Waals surface area contributed by atoms with Crippen molar-refractivity contribution in [2.75, 3.05) is 39.3 Å². The summed E-state index contributed by atoms with van der Waals surface area (Å²) in [6.07, 6.45) is 10.1. The zero-order valence-electron chi connectivity index (χ0n) is 20.9. The molecule has 0 radical (unpaired) electrons. The number of nitrogens with zero attached hydrogens (tertiary/aromatic N) is 2. The van der Waals surface area contributed by atoms with Crippen molar-refractivity contribution in [3.05, 3.63) is 59.7 Å². The van der Waals surface area contributed by atoms with E-state index in [1.165, 1.54) is 96.2 Å². The van der Waals surface area contributed by atoms with Gasteiger partial charge in [0.25, 0.3) is 0 Å². The molecule has 1 heterocycles. The number of carbonyl (C=O) groups excluding carboxylic acids is 1.